The molecule has 3 aromatic heterocycles. The zero-order valence-electron chi connectivity index (χ0n) is 15.6. The van der Waals surface area contributed by atoms with Crippen molar-refractivity contribution in [3.05, 3.63) is 52.5 Å². The van der Waals surface area contributed by atoms with Gasteiger partial charge in [-0.3, -0.25) is 0 Å². The molecule has 0 bridgehead atoms. The molecule has 146 valence electrons. The first-order valence-corrected chi connectivity index (χ1v) is 9.84. The van der Waals surface area contributed by atoms with E-state index in [4.69, 9.17) is 10.7 Å². The molecule has 7 nitrogen and oxygen atoms in total. The third kappa shape index (κ3) is 3.34. The molecule has 1 saturated heterocycles. The van der Waals surface area contributed by atoms with Gasteiger partial charge in [0.25, 0.3) is 5.78 Å². The summed E-state index contributed by atoms with van der Waals surface area (Å²) < 4.78 is 17.2. The molecule has 1 atom stereocenters. The van der Waals surface area contributed by atoms with Crippen LogP contribution in [0.5, 0.6) is 0 Å². The first-order chi connectivity index (χ1) is 13.4. The Hall–Kier alpha value is -2.55. The minimum absolute atomic E-state index is 0.307. The van der Waals surface area contributed by atoms with E-state index in [9.17, 15) is 4.39 Å². The average molecular weight is 446 g/mol. The second kappa shape index (κ2) is 7.12. The number of rotatable bonds is 5. The van der Waals surface area contributed by atoms with Crippen LogP contribution >= 0.6 is 15.9 Å². The molecule has 0 radical (unpaired) electrons. The Morgan fingerprint density at radius 1 is 1.39 bits per heavy atom. The highest BCUT2D eigenvalue weighted by Gasteiger charge is 2.38. The van der Waals surface area contributed by atoms with Crippen LogP contribution in [0.25, 0.3) is 5.78 Å². The van der Waals surface area contributed by atoms with Gasteiger partial charge in [-0.25, -0.2) is 14.4 Å². The summed E-state index contributed by atoms with van der Waals surface area (Å²) >= 11 is 3.55. The van der Waals surface area contributed by atoms with Crippen molar-refractivity contribution >= 4 is 33.3 Å². The third-order valence-electron chi connectivity index (χ3n) is 5.13. The van der Waals surface area contributed by atoms with Gasteiger partial charge in [0.1, 0.15) is 23.6 Å². The van der Waals surface area contributed by atoms with E-state index >= 15 is 0 Å². The van der Waals surface area contributed by atoms with E-state index in [2.05, 4.69) is 37.6 Å². The SMILES string of the molecule is C=CCC1(F)CCN(c2nc(Cc3c(C)nc4ncnn4c3N)ccc2Br)C1. The number of hydrogen-bond donors (Lipinski definition) is 1. The second-order valence-corrected chi connectivity index (χ2v) is 7.99. The van der Waals surface area contributed by atoms with Crippen LogP contribution in [0.3, 0.4) is 0 Å². The van der Waals surface area contributed by atoms with Crippen LogP contribution in [0.15, 0.2) is 35.6 Å². The lowest BCUT2D eigenvalue weighted by Gasteiger charge is -2.22. The molecule has 1 fully saturated rings. The molecule has 4 heterocycles. The van der Waals surface area contributed by atoms with Gasteiger partial charge in [-0.05, 0) is 35.0 Å². The topological polar surface area (TPSA) is 85.2 Å². The van der Waals surface area contributed by atoms with Crippen LogP contribution in [0, 0.1) is 6.92 Å². The summed E-state index contributed by atoms with van der Waals surface area (Å²) in [6.07, 6.45) is 4.39. The lowest BCUT2D eigenvalue weighted by atomic mass is 10.0. The second-order valence-electron chi connectivity index (χ2n) is 7.13. The van der Waals surface area contributed by atoms with Crippen molar-refractivity contribution in [2.45, 2.75) is 31.9 Å². The van der Waals surface area contributed by atoms with Crippen molar-refractivity contribution in [2.75, 3.05) is 23.7 Å². The minimum atomic E-state index is -1.25. The van der Waals surface area contributed by atoms with Crippen LogP contribution in [0.1, 0.15) is 29.8 Å². The maximum atomic E-state index is 14.9. The number of nitrogens with zero attached hydrogens (tertiary/aromatic N) is 6. The molecule has 0 spiro atoms. The Labute approximate surface area is 170 Å². The summed E-state index contributed by atoms with van der Waals surface area (Å²) in [7, 11) is 0. The summed E-state index contributed by atoms with van der Waals surface area (Å²) in [5.41, 5.74) is 7.51. The lowest BCUT2D eigenvalue weighted by molar-refractivity contribution is 0.197. The molecule has 0 saturated carbocycles. The zero-order valence-corrected chi connectivity index (χ0v) is 17.2. The number of nitrogens with two attached hydrogens (primary N) is 1. The molecule has 0 amide bonds. The van der Waals surface area contributed by atoms with Crippen molar-refractivity contribution in [3.8, 4) is 0 Å². The quantitative estimate of drug-likeness (QED) is 0.606. The van der Waals surface area contributed by atoms with Crippen LogP contribution in [-0.4, -0.2) is 43.3 Å². The molecule has 0 aliphatic carbocycles. The lowest BCUT2D eigenvalue weighted by Crippen LogP contribution is -2.29. The molecule has 3 aromatic rings. The van der Waals surface area contributed by atoms with Crippen LogP contribution in [-0.2, 0) is 6.42 Å². The maximum absolute atomic E-state index is 14.9. The number of allylic oxidation sites excluding steroid dienone is 1. The number of nitrogen functional groups attached to an aromatic ring is 1. The zero-order chi connectivity index (χ0) is 19.9. The highest BCUT2D eigenvalue weighted by Crippen LogP contribution is 2.35. The van der Waals surface area contributed by atoms with Gasteiger partial charge in [-0.1, -0.05) is 6.08 Å². The summed E-state index contributed by atoms with van der Waals surface area (Å²) in [4.78, 5) is 15.3. The first-order valence-electron chi connectivity index (χ1n) is 9.05. The molecule has 4 rings (SSSR count). The van der Waals surface area contributed by atoms with Crippen molar-refractivity contribution in [1.29, 1.82) is 0 Å². The van der Waals surface area contributed by atoms with Gasteiger partial charge in [-0.15, -0.1) is 6.58 Å². The molecular formula is C19H21BrFN7. The van der Waals surface area contributed by atoms with E-state index in [1.54, 1.807) is 6.08 Å². The van der Waals surface area contributed by atoms with Gasteiger partial charge < -0.3 is 10.6 Å². The predicted octanol–water partition coefficient (Wildman–Crippen LogP) is 3.26. The Morgan fingerprint density at radius 2 is 2.21 bits per heavy atom. The highest BCUT2D eigenvalue weighted by atomic mass is 79.9. The number of hydrogen-bond acceptors (Lipinski definition) is 6. The molecule has 1 aliphatic heterocycles. The molecule has 2 N–H and O–H groups in total. The van der Waals surface area contributed by atoms with Crippen LogP contribution in [0.4, 0.5) is 16.0 Å². The molecule has 0 aromatic carbocycles. The van der Waals surface area contributed by atoms with Gasteiger partial charge in [0.05, 0.1) is 11.0 Å². The number of pyridine rings is 1. The number of fused-ring (bicyclic) bond motifs is 1. The third-order valence-corrected chi connectivity index (χ3v) is 5.75. The van der Waals surface area contributed by atoms with Crippen molar-refractivity contribution in [3.63, 3.8) is 0 Å². The van der Waals surface area contributed by atoms with Crippen LogP contribution in [0.2, 0.25) is 0 Å². The molecule has 9 heteroatoms. The Bertz CT molecular complexity index is 1050. The van der Waals surface area contributed by atoms with E-state index < -0.39 is 5.67 Å². The Morgan fingerprint density at radius 3 is 3.00 bits per heavy atom. The van der Waals surface area contributed by atoms with Gasteiger partial charge in [-0.2, -0.15) is 14.6 Å². The van der Waals surface area contributed by atoms with Gasteiger partial charge in [0.15, 0.2) is 0 Å². The van der Waals surface area contributed by atoms with Crippen LogP contribution < -0.4 is 10.6 Å². The molecule has 28 heavy (non-hydrogen) atoms. The van der Waals surface area contributed by atoms with Gasteiger partial charge in [0, 0.05) is 42.8 Å². The van der Waals surface area contributed by atoms with E-state index in [1.165, 1.54) is 10.8 Å². The summed E-state index contributed by atoms with van der Waals surface area (Å²) in [5, 5.41) is 4.12. The fourth-order valence-corrected chi connectivity index (χ4v) is 4.12. The standard InChI is InChI=1S/C19H21BrFN7/c1-3-6-19(21)7-8-27(10-19)17-15(20)5-4-13(26-17)9-14-12(2)25-18-23-11-24-28(18)16(14)22/h3-5,11H,1,6-10,22H2,2H3. The summed E-state index contributed by atoms with van der Waals surface area (Å²) in [5.74, 6) is 1.72. The number of anilines is 2. The number of aryl methyl sites for hydroxylation is 1. The summed E-state index contributed by atoms with van der Waals surface area (Å²) in [6.45, 7) is 6.49. The van der Waals surface area contributed by atoms with Crippen molar-refractivity contribution in [2.24, 2.45) is 0 Å². The Kier molecular flexibility index (Phi) is 4.78. The average Bonchev–Trinajstić information content (AvgIpc) is 3.27. The van der Waals surface area contributed by atoms with E-state index in [0.29, 0.717) is 43.9 Å². The van der Waals surface area contributed by atoms with E-state index in [-0.39, 0.29) is 0 Å². The normalized spacial score (nSPS) is 19.5. The summed E-state index contributed by atoms with van der Waals surface area (Å²) in [6, 6.07) is 3.87. The maximum Gasteiger partial charge on any atom is 0.254 e. The largest absolute Gasteiger partial charge is 0.383 e. The monoisotopic (exact) mass is 445 g/mol. The smallest absolute Gasteiger partial charge is 0.254 e. The van der Waals surface area contributed by atoms with Crippen molar-refractivity contribution < 1.29 is 4.39 Å². The minimum Gasteiger partial charge on any atom is -0.383 e. The first kappa shape index (κ1) is 18.8. The number of alkyl halides is 1. The van der Waals surface area contributed by atoms with Gasteiger partial charge in [0.2, 0.25) is 0 Å². The number of halogens is 2. The molecular weight excluding hydrogens is 425 g/mol. The molecule has 1 unspecified atom stereocenters. The fraction of sp³-hybridized carbons (Fsp3) is 0.368. The fourth-order valence-electron chi connectivity index (χ4n) is 3.64. The molecule has 1 aliphatic rings. The Balaban J connectivity index is 1.64. The predicted molar refractivity (Wildman–Crippen MR) is 110 cm³/mol. The van der Waals surface area contributed by atoms with Gasteiger partial charge >= 0.3 is 0 Å². The van der Waals surface area contributed by atoms with E-state index in [1.807, 2.05) is 24.0 Å². The van der Waals surface area contributed by atoms with Crippen molar-refractivity contribution in [1.82, 2.24) is 24.6 Å². The highest BCUT2D eigenvalue weighted by molar-refractivity contribution is 9.10. The van der Waals surface area contributed by atoms with E-state index in [0.717, 1.165) is 27.2 Å². The number of aromatic nitrogens is 5.